The molecule has 0 saturated carbocycles. The molecule has 5 N–H and O–H groups in total. The number of ether oxygens (including phenoxy) is 2. The Morgan fingerprint density at radius 1 is 1.22 bits per heavy atom. The number of carboxylic acid groups (broad SMARTS) is 1. The number of para-hydroxylation sites is 1. The van der Waals surface area contributed by atoms with Crippen LogP contribution in [0.5, 0.6) is 11.5 Å². The van der Waals surface area contributed by atoms with Crippen LogP contribution in [-0.2, 0) is 4.79 Å². The van der Waals surface area contributed by atoms with Crippen molar-refractivity contribution in [2.45, 2.75) is 27.7 Å². The lowest BCUT2D eigenvalue weighted by Gasteiger charge is -2.16. The van der Waals surface area contributed by atoms with Crippen molar-refractivity contribution in [1.29, 1.82) is 0 Å². The van der Waals surface area contributed by atoms with Crippen LogP contribution in [0.4, 0.5) is 11.5 Å². The van der Waals surface area contributed by atoms with Crippen LogP contribution in [0.25, 0.3) is 16.9 Å². The lowest BCUT2D eigenvalue weighted by molar-refractivity contribution is -0.139. The Bertz CT molecular complexity index is 1080. The normalized spacial score (nSPS) is 10.2. The van der Waals surface area contributed by atoms with Crippen LogP contribution in [-0.4, -0.2) is 46.4 Å². The van der Waals surface area contributed by atoms with E-state index >= 15 is 0 Å². The standard InChI is InChI=1S/C21H24N4O5.C2H6/c1-12-6-4-5-7-16(12)25-21(22)13(2)20(24-25)19-15(23-11-26)8-14(29-3)9-17(19)30-10-18(27)28;1-2/h4-9,23,26H,10-11,22H2,1-3H3,(H,27,28);1-2H3. The van der Waals surface area contributed by atoms with Crippen LogP contribution in [0.3, 0.4) is 0 Å². The fourth-order valence-electron chi connectivity index (χ4n) is 3.16. The minimum absolute atomic E-state index is 0.241. The Kier molecular flexibility index (Phi) is 8.48. The third-order valence-electron chi connectivity index (χ3n) is 4.68. The number of anilines is 2. The lowest BCUT2D eigenvalue weighted by Crippen LogP contribution is -2.11. The van der Waals surface area contributed by atoms with Crippen molar-refractivity contribution in [1.82, 2.24) is 9.78 Å². The van der Waals surface area contributed by atoms with E-state index < -0.39 is 12.6 Å². The topological polar surface area (TPSA) is 132 Å². The van der Waals surface area contributed by atoms with Crippen LogP contribution in [0.1, 0.15) is 25.0 Å². The second-order valence-electron chi connectivity index (χ2n) is 6.62. The number of rotatable bonds is 8. The van der Waals surface area contributed by atoms with Gasteiger partial charge in [-0.05, 0) is 25.5 Å². The molecule has 0 bridgehead atoms. The number of nitrogen functional groups attached to an aromatic ring is 1. The number of aryl methyl sites for hydroxylation is 1. The van der Waals surface area contributed by atoms with Crippen LogP contribution in [0.2, 0.25) is 0 Å². The summed E-state index contributed by atoms with van der Waals surface area (Å²) in [5.74, 6) is -0.0133. The zero-order chi connectivity index (χ0) is 23.8. The summed E-state index contributed by atoms with van der Waals surface area (Å²) < 4.78 is 12.4. The zero-order valence-corrected chi connectivity index (χ0v) is 19.0. The number of aliphatic hydroxyl groups is 1. The number of aliphatic hydroxyl groups excluding tert-OH is 1. The molecule has 0 aliphatic rings. The van der Waals surface area contributed by atoms with E-state index in [-0.39, 0.29) is 12.5 Å². The first-order valence-electron chi connectivity index (χ1n) is 10.2. The molecule has 0 unspecified atom stereocenters. The van der Waals surface area contributed by atoms with Crippen molar-refractivity contribution in [3.8, 4) is 28.4 Å². The summed E-state index contributed by atoms with van der Waals surface area (Å²) in [5.41, 5.74) is 10.3. The number of carbonyl (C=O) groups is 1. The van der Waals surface area contributed by atoms with Gasteiger partial charge in [0.2, 0.25) is 0 Å². The largest absolute Gasteiger partial charge is 0.497 e. The second-order valence-corrected chi connectivity index (χ2v) is 6.62. The van der Waals surface area contributed by atoms with Gasteiger partial charge in [0.1, 0.15) is 29.7 Å². The third kappa shape index (κ3) is 5.12. The Balaban J connectivity index is 0.00000176. The molecular weight excluding hydrogens is 412 g/mol. The minimum atomic E-state index is -1.12. The van der Waals surface area contributed by atoms with Gasteiger partial charge in [-0.15, -0.1) is 0 Å². The van der Waals surface area contributed by atoms with Crippen molar-refractivity contribution in [2.75, 3.05) is 31.5 Å². The fourth-order valence-corrected chi connectivity index (χ4v) is 3.16. The maximum absolute atomic E-state index is 11.1. The zero-order valence-electron chi connectivity index (χ0n) is 19.0. The van der Waals surface area contributed by atoms with Crippen molar-refractivity contribution < 1.29 is 24.5 Å². The SMILES string of the molecule is CC.COc1cc(NCO)c(-c2nn(-c3ccccc3C)c(N)c2C)c(OCC(=O)O)c1. The highest BCUT2D eigenvalue weighted by atomic mass is 16.5. The Hall–Kier alpha value is -3.72. The fraction of sp³-hybridized carbons (Fsp3) is 0.304. The number of hydrogen-bond donors (Lipinski definition) is 4. The average Bonchev–Trinajstić information content (AvgIpc) is 3.08. The van der Waals surface area contributed by atoms with Gasteiger partial charge in [0.15, 0.2) is 6.61 Å². The summed E-state index contributed by atoms with van der Waals surface area (Å²) in [6, 6.07) is 10.9. The molecule has 172 valence electrons. The van der Waals surface area contributed by atoms with E-state index in [0.717, 1.165) is 11.3 Å². The maximum atomic E-state index is 11.1. The predicted octanol–water partition coefficient (Wildman–Crippen LogP) is 3.60. The molecule has 1 heterocycles. The third-order valence-corrected chi connectivity index (χ3v) is 4.68. The van der Waals surface area contributed by atoms with Gasteiger partial charge in [-0.3, -0.25) is 0 Å². The van der Waals surface area contributed by atoms with Crippen LogP contribution >= 0.6 is 0 Å². The van der Waals surface area contributed by atoms with E-state index in [1.807, 2.05) is 52.0 Å². The van der Waals surface area contributed by atoms with Crippen LogP contribution in [0, 0.1) is 13.8 Å². The molecule has 0 amide bonds. The number of aromatic nitrogens is 2. The van der Waals surface area contributed by atoms with Gasteiger partial charge in [-0.1, -0.05) is 32.0 Å². The lowest BCUT2D eigenvalue weighted by atomic mass is 10.0. The van der Waals surface area contributed by atoms with Crippen molar-refractivity contribution >= 4 is 17.5 Å². The van der Waals surface area contributed by atoms with Gasteiger partial charge >= 0.3 is 5.97 Å². The van der Waals surface area contributed by atoms with Gasteiger partial charge < -0.3 is 30.7 Å². The number of nitrogens with zero attached hydrogens (tertiary/aromatic N) is 2. The van der Waals surface area contributed by atoms with Gasteiger partial charge in [-0.25, -0.2) is 9.48 Å². The Morgan fingerprint density at radius 3 is 2.50 bits per heavy atom. The summed E-state index contributed by atoms with van der Waals surface area (Å²) in [6.07, 6.45) is 0. The molecule has 0 spiro atoms. The van der Waals surface area contributed by atoms with Crippen LogP contribution < -0.4 is 20.5 Å². The number of carboxylic acids is 1. The molecule has 9 heteroatoms. The first kappa shape index (κ1) is 24.5. The highest BCUT2D eigenvalue weighted by molar-refractivity contribution is 5.86. The first-order chi connectivity index (χ1) is 15.4. The molecule has 0 radical (unpaired) electrons. The maximum Gasteiger partial charge on any atom is 0.341 e. The highest BCUT2D eigenvalue weighted by Crippen LogP contribution is 2.42. The summed E-state index contributed by atoms with van der Waals surface area (Å²) in [6.45, 7) is 6.87. The van der Waals surface area contributed by atoms with E-state index in [0.29, 0.717) is 34.1 Å². The monoisotopic (exact) mass is 442 g/mol. The molecule has 1 aromatic heterocycles. The van der Waals surface area contributed by atoms with Crippen molar-refractivity contribution in [3.05, 3.63) is 47.5 Å². The van der Waals surface area contributed by atoms with Gasteiger partial charge in [0.25, 0.3) is 0 Å². The predicted molar refractivity (Wildman–Crippen MR) is 125 cm³/mol. The van der Waals surface area contributed by atoms with E-state index in [2.05, 4.69) is 5.32 Å². The number of methoxy groups -OCH3 is 1. The number of hydrogen-bond acceptors (Lipinski definition) is 7. The molecule has 32 heavy (non-hydrogen) atoms. The quantitative estimate of drug-likeness (QED) is 0.389. The molecule has 0 aliphatic carbocycles. The second kappa shape index (κ2) is 11.1. The Labute approximate surface area is 187 Å². The molecule has 0 fully saturated rings. The van der Waals surface area contributed by atoms with Crippen molar-refractivity contribution in [2.24, 2.45) is 0 Å². The molecule has 0 saturated heterocycles. The molecule has 3 rings (SSSR count). The van der Waals surface area contributed by atoms with E-state index in [4.69, 9.17) is 25.4 Å². The van der Waals surface area contributed by atoms with Gasteiger partial charge in [0.05, 0.1) is 24.0 Å². The summed E-state index contributed by atoms with van der Waals surface area (Å²) >= 11 is 0. The van der Waals surface area contributed by atoms with E-state index in [1.165, 1.54) is 7.11 Å². The first-order valence-corrected chi connectivity index (χ1v) is 10.2. The highest BCUT2D eigenvalue weighted by Gasteiger charge is 2.23. The number of nitrogens with one attached hydrogen (secondary N) is 1. The number of aliphatic carboxylic acids is 1. The smallest absolute Gasteiger partial charge is 0.341 e. The Morgan fingerprint density at radius 2 is 1.91 bits per heavy atom. The molecular formula is C23H30N4O5. The average molecular weight is 443 g/mol. The van der Waals surface area contributed by atoms with Crippen molar-refractivity contribution in [3.63, 3.8) is 0 Å². The van der Waals surface area contributed by atoms with E-state index in [1.54, 1.807) is 16.8 Å². The number of nitrogens with two attached hydrogens (primary N) is 1. The number of benzene rings is 2. The molecule has 2 aromatic carbocycles. The van der Waals surface area contributed by atoms with Gasteiger partial charge in [-0.2, -0.15) is 5.10 Å². The molecule has 0 aliphatic heterocycles. The van der Waals surface area contributed by atoms with Gasteiger partial charge in [0, 0.05) is 17.7 Å². The summed E-state index contributed by atoms with van der Waals surface area (Å²) in [5, 5.41) is 26.1. The molecule has 9 nitrogen and oxygen atoms in total. The molecule has 0 atom stereocenters. The summed E-state index contributed by atoms with van der Waals surface area (Å²) in [7, 11) is 1.48. The van der Waals surface area contributed by atoms with E-state index in [9.17, 15) is 9.90 Å². The minimum Gasteiger partial charge on any atom is -0.497 e. The summed E-state index contributed by atoms with van der Waals surface area (Å²) in [4.78, 5) is 11.1. The van der Waals surface area contributed by atoms with Crippen LogP contribution in [0.15, 0.2) is 36.4 Å². The molecule has 3 aromatic rings.